The molecule has 4 rings (SSSR count). The standard InChI is InChI=1S/C18H24F2N6O/c19-17(20)12-26-18(27)9-13(10-21-26)25-7-5-24(6-8-25)11-16-14-3-1-2-4-15(14)22-23-16/h9-10,17H,1-8,11-12H2,(H,22,23). The first kappa shape index (κ1) is 18.1. The molecule has 0 atom stereocenters. The number of anilines is 1. The summed E-state index contributed by atoms with van der Waals surface area (Å²) in [6.45, 7) is 3.44. The predicted molar refractivity (Wildman–Crippen MR) is 97.2 cm³/mol. The van der Waals surface area contributed by atoms with Crippen LogP contribution in [0, 0.1) is 0 Å². The molecular formula is C18H24F2N6O. The average Bonchev–Trinajstić information content (AvgIpc) is 3.07. The Morgan fingerprint density at radius 3 is 2.67 bits per heavy atom. The fraction of sp³-hybridized carbons (Fsp3) is 0.611. The number of aromatic nitrogens is 4. The lowest BCUT2D eigenvalue weighted by atomic mass is 9.96. The molecule has 1 N–H and O–H groups in total. The maximum atomic E-state index is 12.4. The number of alkyl halides is 2. The Morgan fingerprint density at radius 1 is 1.15 bits per heavy atom. The average molecular weight is 378 g/mol. The van der Waals surface area contributed by atoms with Crippen molar-refractivity contribution >= 4 is 5.69 Å². The van der Waals surface area contributed by atoms with Crippen LogP contribution in [0.1, 0.15) is 29.8 Å². The minimum absolute atomic E-state index is 0.488. The van der Waals surface area contributed by atoms with Gasteiger partial charge in [0.05, 0.1) is 17.6 Å². The molecule has 7 nitrogen and oxygen atoms in total. The Kier molecular flexibility index (Phi) is 5.20. The second kappa shape index (κ2) is 7.75. The quantitative estimate of drug-likeness (QED) is 0.853. The maximum absolute atomic E-state index is 12.4. The van der Waals surface area contributed by atoms with Gasteiger partial charge >= 0.3 is 0 Å². The van der Waals surface area contributed by atoms with Gasteiger partial charge in [0.25, 0.3) is 12.0 Å². The van der Waals surface area contributed by atoms with Crippen molar-refractivity contribution in [3.63, 3.8) is 0 Å². The molecule has 146 valence electrons. The Bertz CT molecular complexity index is 841. The molecule has 0 unspecified atom stereocenters. The third-order valence-electron chi connectivity index (χ3n) is 5.42. The number of hydrogen-bond acceptors (Lipinski definition) is 5. The summed E-state index contributed by atoms with van der Waals surface area (Å²) in [5.74, 6) is 0. The highest BCUT2D eigenvalue weighted by atomic mass is 19.3. The third kappa shape index (κ3) is 4.02. The molecule has 0 aromatic carbocycles. The summed E-state index contributed by atoms with van der Waals surface area (Å²) in [5, 5.41) is 11.6. The molecule has 2 aliphatic rings. The molecule has 2 aromatic heterocycles. The van der Waals surface area contributed by atoms with Gasteiger partial charge in [-0.25, -0.2) is 13.5 Å². The summed E-state index contributed by atoms with van der Waals surface area (Å²) < 4.78 is 25.7. The fourth-order valence-corrected chi connectivity index (χ4v) is 3.92. The highest BCUT2D eigenvalue weighted by Gasteiger charge is 2.22. The van der Waals surface area contributed by atoms with Crippen LogP contribution in [0.2, 0.25) is 0 Å². The fourth-order valence-electron chi connectivity index (χ4n) is 3.92. The van der Waals surface area contributed by atoms with Crippen LogP contribution in [-0.4, -0.2) is 57.5 Å². The number of H-pyrrole nitrogens is 1. The first-order valence-corrected chi connectivity index (χ1v) is 9.48. The van der Waals surface area contributed by atoms with E-state index >= 15 is 0 Å². The van der Waals surface area contributed by atoms with E-state index < -0.39 is 18.5 Å². The smallest absolute Gasteiger partial charge is 0.269 e. The number of aryl methyl sites for hydroxylation is 1. The maximum Gasteiger partial charge on any atom is 0.269 e. The number of nitrogens with zero attached hydrogens (tertiary/aromatic N) is 5. The minimum Gasteiger partial charge on any atom is -0.368 e. The number of hydrogen-bond donors (Lipinski definition) is 1. The van der Waals surface area contributed by atoms with Crippen LogP contribution < -0.4 is 10.5 Å². The molecule has 1 aliphatic heterocycles. The van der Waals surface area contributed by atoms with Crippen molar-refractivity contribution in [3.8, 4) is 0 Å². The van der Waals surface area contributed by atoms with Crippen molar-refractivity contribution in [2.75, 3.05) is 31.1 Å². The molecule has 1 aliphatic carbocycles. The number of halogens is 2. The van der Waals surface area contributed by atoms with Gasteiger partial charge in [-0.2, -0.15) is 10.2 Å². The van der Waals surface area contributed by atoms with Gasteiger partial charge < -0.3 is 4.90 Å². The molecule has 0 radical (unpaired) electrons. The van der Waals surface area contributed by atoms with E-state index in [0.717, 1.165) is 55.9 Å². The van der Waals surface area contributed by atoms with Crippen LogP contribution in [0.5, 0.6) is 0 Å². The van der Waals surface area contributed by atoms with Crippen molar-refractivity contribution in [2.24, 2.45) is 0 Å². The minimum atomic E-state index is -2.59. The Balaban J connectivity index is 1.36. The first-order chi connectivity index (χ1) is 13.1. The van der Waals surface area contributed by atoms with Gasteiger partial charge in [-0.05, 0) is 31.2 Å². The third-order valence-corrected chi connectivity index (χ3v) is 5.42. The molecule has 27 heavy (non-hydrogen) atoms. The number of fused-ring (bicyclic) bond motifs is 1. The van der Waals surface area contributed by atoms with Crippen LogP contribution in [0.3, 0.4) is 0 Å². The molecule has 9 heteroatoms. The second-order valence-electron chi connectivity index (χ2n) is 7.22. The largest absolute Gasteiger partial charge is 0.368 e. The Hall–Kier alpha value is -2.29. The van der Waals surface area contributed by atoms with Gasteiger partial charge in [-0.15, -0.1) is 0 Å². The van der Waals surface area contributed by atoms with Gasteiger partial charge in [0.15, 0.2) is 0 Å². The van der Waals surface area contributed by atoms with Crippen molar-refractivity contribution in [3.05, 3.63) is 39.6 Å². The SMILES string of the molecule is O=c1cc(N2CCN(Cc3n[nH]c4c3CCCC4)CC2)cnn1CC(F)F. The highest BCUT2D eigenvalue weighted by molar-refractivity contribution is 5.43. The summed E-state index contributed by atoms with van der Waals surface area (Å²) in [7, 11) is 0. The van der Waals surface area contributed by atoms with Crippen LogP contribution in [0.4, 0.5) is 14.5 Å². The number of nitrogens with one attached hydrogen (secondary N) is 1. The number of aromatic amines is 1. The summed E-state index contributed by atoms with van der Waals surface area (Å²) in [4.78, 5) is 16.4. The van der Waals surface area contributed by atoms with Crippen LogP contribution in [-0.2, 0) is 25.9 Å². The van der Waals surface area contributed by atoms with Crippen LogP contribution in [0.15, 0.2) is 17.1 Å². The highest BCUT2D eigenvalue weighted by Crippen LogP contribution is 2.23. The zero-order valence-corrected chi connectivity index (χ0v) is 15.2. The lowest BCUT2D eigenvalue weighted by molar-refractivity contribution is 0.119. The summed E-state index contributed by atoms with van der Waals surface area (Å²) in [6.07, 6.45) is 3.60. The zero-order valence-electron chi connectivity index (χ0n) is 15.2. The van der Waals surface area contributed by atoms with E-state index in [4.69, 9.17) is 0 Å². The lowest BCUT2D eigenvalue weighted by Gasteiger charge is -2.35. The summed E-state index contributed by atoms with van der Waals surface area (Å²) in [6, 6.07) is 1.40. The van der Waals surface area contributed by atoms with E-state index in [1.165, 1.54) is 36.4 Å². The molecule has 0 spiro atoms. The van der Waals surface area contributed by atoms with Crippen molar-refractivity contribution in [1.29, 1.82) is 0 Å². The molecule has 3 heterocycles. The predicted octanol–water partition coefficient (Wildman–Crippen LogP) is 1.43. The Morgan fingerprint density at radius 2 is 1.93 bits per heavy atom. The molecule has 1 fully saturated rings. The second-order valence-corrected chi connectivity index (χ2v) is 7.22. The van der Waals surface area contributed by atoms with E-state index in [2.05, 4.69) is 25.1 Å². The summed E-state index contributed by atoms with van der Waals surface area (Å²) >= 11 is 0. The van der Waals surface area contributed by atoms with E-state index in [1.807, 2.05) is 0 Å². The monoisotopic (exact) mass is 378 g/mol. The topological polar surface area (TPSA) is 70.1 Å². The molecule has 0 saturated carbocycles. The lowest BCUT2D eigenvalue weighted by Crippen LogP contribution is -2.46. The van der Waals surface area contributed by atoms with Crippen LogP contribution in [0.25, 0.3) is 0 Å². The first-order valence-electron chi connectivity index (χ1n) is 9.48. The number of piperazine rings is 1. The van der Waals surface area contributed by atoms with Gasteiger partial charge in [0, 0.05) is 44.5 Å². The van der Waals surface area contributed by atoms with E-state index in [9.17, 15) is 13.6 Å². The van der Waals surface area contributed by atoms with E-state index in [1.54, 1.807) is 0 Å². The van der Waals surface area contributed by atoms with Crippen LogP contribution >= 0.6 is 0 Å². The molecule has 1 saturated heterocycles. The van der Waals surface area contributed by atoms with Gasteiger partial charge in [0.1, 0.15) is 6.54 Å². The molecule has 0 bridgehead atoms. The Labute approximate surface area is 156 Å². The van der Waals surface area contributed by atoms with E-state index in [-0.39, 0.29) is 0 Å². The van der Waals surface area contributed by atoms with Gasteiger partial charge in [-0.3, -0.25) is 14.8 Å². The van der Waals surface area contributed by atoms with Gasteiger partial charge in [-0.1, -0.05) is 0 Å². The normalized spacial score (nSPS) is 18.1. The van der Waals surface area contributed by atoms with Gasteiger partial charge in [0.2, 0.25) is 0 Å². The van der Waals surface area contributed by atoms with E-state index in [0.29, 0.717) is 5.69 Å². The van der Waals surface area contributed by atoms with Crippen molar-refractivity contribution in [1.82, 2.24) is 24.9 Å². The molecular weight excluding hydrogens is 354 g/mol. The van der Waals surface area contributed by atoms with Crippen molar-refractivity contribution < 1.29 is 8.78 Å². The molecule has 2 aromatic rings. The summed E-state index contributed by atoms with van der Waals surface area (Å²) in [5.41, 5.74) is 4.07. The van der Waals surface area contributed by atoms with Crippen molar-refractivity contribution in [2.45, 2.75) is 45.2 Å². The number of rotatable bonds is 5. The zero-order chi connectivity index (χ0) is 18.8. The molecule has 0 amide bonds.